The van der Waals surface area contributed by atoms with Gasteiger partial charge in [-0.3, -0.25) is 9.78 Å². The van der Waals surface area contributed by atoms with Crippen molar-refractivity contribution in [1.29, 1.82) is 0 Å². The molecule has 0 saturated heterocycles. The van der Waals surface area contributed by atoms with Crippen molar-refractivity contribution >= 4 is 22.4 Å². The van der Waals surface area contributed by atoms with Crippen LogP contribution in [0.1, 0.15) is 24.3 Å². The molecule has 0 saturated carbocycles. The van der Waals surface area contributed by atoms with Gasteiger partial charge in [-0.25, -0.2) is 0 Å². The number of nitrogens with one attached hydrogen (secondary N) is 1. The van der Waals surface area contributed by atoms with Gasteiger partial charge in [-0.1, -0.05) is 66.7 Å². The lowest BCUT2D eigenvalue weighted by Gasteiger charge is -2.21. The fourth-order valence-corrected chi connectivity index (χ4v) is 3.68. The van der Waals surface area contributed by atoms with Gasteiger partial charge in [-0.05, 0) is 17.0 Å². The van der Waals surface area contributed by atoms with E-state index in [0.717, 1.165) is 16.3 Å². The monoisotopic (exact) mass is 404 g/mol. The maximum absolute atomic E-state index is 13.1. The van der Waals surface area contributed by atoms with E-state index in [0.29, 0.717) is 17.8 Å². The van der Waals surface area contributed by atoms with Crippen LogP contribution in [0.4, 0.5) is 0 Å². The maximum atomic E-state index is 13.1. The second-order valence-corrected chi connectivity index (χ2v) is 7.32. The zero-order chi connectivity index (χ0) is 21.8. The summed E-state index contributed by atoms with van der Waals surface area (Å²) in [5, 5.41) is 8.90. The molecule has 30 heavy (non-hydrogen) atoms. The highest BCUT2D eigenvalue weighted by Crippen LogP contribution is 2.24. The van der Waals surface area contributed by atoms with Crippen LogP contribution in [0.5, 0.6) is 0 Å². The molecule has 1 aromatic heterocycles. The molecule has 2 heterocycles. The molecule has 2 unspecified atom stereocenters. The molecule has 0 fully saturated rings. The molecule has 3 aromatic rings. The third-order valence-electron chi connectivity index (χ3n) is 5.30. The molecule has 4 rings (SSSR count). The summed E-state index contributed by atoms with van der Waals surface area (Å²) >= 11 is 0. The van der Waals surface area contributed by atoms with Gasteiger partial charge in [-0.15, -0.1) is 0 Å². The number of rotatable bonds is 7. The Morgan fingerprint density at radius 3 is 2.77 bits per heavy atom. The molecule has 6 nitrogen and oxygen atoms in total. The van der Waals surface area contributed by atoms with E-state index in [1.54, 1.807) is 13.3 Å². The Morgan fingerprint density at radius 2 is 1.97 bits per heavy atom. The Balaban J connectivity index is 1.54. The van der Waals surface area contributed by atoms with Crippen molar-refractivity contribution in [3.05, 3.63) is 78.1 Å². The lowest BCUT2D eigenvalue weighted by atomic mass is 9.91. The zero-order valence-electron chi connectivity index (χ0n) is 18.0. The summed E-state index contributed by atoms with van der Waals surface area (Å²) in [6.45, 7) is 2.11. The first kappa shape index (κ1) is 18.8. The number of oxime groups is 1. The number of carbonyl (C=O) groups is 1. The highest BCUT2D eigenvalue weighted by molar-refractivity contribution is 6.07. The van der Waals surface area contributed by atoms with Crippen LogP contribution in [0.25, 0.3) is 10.8 Å². The van der Waals surface area contributed by atoms with Crippen molar-refractivity contribution in [2.24, 2.45) is 11.1 Å². The van der Waals surface area contributed by atoms with Gasteiger partial charge in [0.25, 0.3) is 5.91 Å². The van der Waals surface area contributed by atoms with Crippen molar-refractivity contribution < 1.29 is 15.7 Å². The zero-order valence-corrected chi connectivity index (χ0v) is 17.0. The summed E-state index contributed by atoms with van der Waals surface area (Å²) in [5.74, 6) is -0.659. The molecule has 6 heteroatoms. The number of fused-ring (bicyclic) bond motifs is 1. The summed E-state index contributed by atoms with van der Waals surface area (Å²) in [6.07, 6.45) is 0.766. The molecule has 0 spiro atoms. The first-order valence-electron chi connectivity index (χ1n) is 10.5. The quantitative estimate of drug-likeness (QED) is 0.653. The molecular weight excluding hydrogens is 378 g/mol. The van der Waals surface area contributed by atoms with Gasteiger partial charge >= 0.3 is 0 Å². The molecular formula is C24H25N3O3. The van der Waals surface area contributed by atoms with Crippen LogP contribution in [0.15, 0.2) is 72.0 Å². The summed E-state index contributed by atoms with van der Waals surface area (Å²) < 4.78 is 14.2. The first-order valence-corrected chi connectivity index (χ1v) is 9.95. The number of benzene rings is 2. The number of hydrogen-bond donors (Lipinski definition) is 1. The molecule has 1 N–H and O–H groups in total. The average Bonchev–Trinajstić information content (AvgIpc) is 3.07. The van der Waals surface area contributed by atoms with E-state index in [1.165, 1.54) is 0 Å². The predicted molar refractivity (Wildman–Crippen MR) is 116 cm³/mol. The SMILES string of the molecule is [2H]C1(Cc2ccccc2)ON=C([C@@H](COC)NC(=O)c2nccc3ccccc23)C1C. The van der Waals surface area contributed by atoms with Gasteiger partial charge in [0, 0.05) is 31.0 Å². The van der Waals surface area contributed by atoms with E-state index >= 15 is 0 Å². The predicted octanol–water partition coefficient (Wildman–Crippen LogP) is 3.61. The Morgan fingerprint density at radius 1 is 1.20 bits per heavy atom. The van der Waals surface area contributed by atoms with Gasteiger partial charge < -0.3 is 14.9 Å². The van der Waals surface area contributed by atoms with Crippen molar-refractivity contribution in [3.8, 4) is 0 Å². The standard InChI is InChI=1S/C24H25N3O3/c1-16-21(14-17-8-4-3-5-9-17)30-27-22(16)20(15-29-2)26-24(28)23-19-11-7-6-10-18(19)12-13-25-23/h3-13,16,20-21H,14-15H2,1-2H3,(H,26,28)/t16?,20-,21?/m1/s1/i21D. The highest BCUT2D eigenvalue weighted by atomic mass is 16.6. The maximum Gasteiger partial charge on any atom is 0.271 e. The molecule has 2 aromatic carbocycles. The Bertz CT molecular complexity index is 1100. The molecule has 0 radical (unpaired) electrons. The van der Waals surface area contributed by atoms with E-state index < -0.39 is 12.1 Å². The number of hydrogen-bond acceptors (Lipinski definition) is 5. The van der Waals surface area contributed by atoms with Crippen LogP contribution in [-0.4, -0.2) is 42.4 Å². The molecule has 1 aliphatic heterocycles. The first-order chi connectivity index (χ1) is 15.0. The Kier molecular flexibility index (Phi) is 5.66. The Labute approximate surface area is 177 Å². The van der Waals surface area contributed by atoms with E-state index in [9.17, 15) is 4.79 Å². The number of ether oxygens (including phenoxy) is 1. The number of amides is 1. The van der Waals surface area contributed by atoms with E-state index in [-0.39, 0.29) is 18.4 Å². The normalized spacial score (nSPS) is 22.1. The summed E-state index contributed by atoms with van der Waals surface area (Å²) in [7, 11) is 1.56. The van der Waals surface area contributed by atoms with Gasteiger partial charge in [0.2, 0.25) is 0 Å². The number of carbonyl (C=O) groups excluding carboxylic acids is 1. The van der Waals surface area contributed by atoms with Crippen molar-refractivity contribution in [2.75, 3.05) is 13.7 Å². The van der Waals surface area contributed by atoms with Crippen LogP contribution in [-0.2, 0) is 16.0 Å². The average molecular weight is 404 g/mol. The molecule has 0 aliphatic carbocycles. The van der Waals surface area contributed by atoms with Crippen LogP contribution in [0.3, 0.4) is 0 Å². The van der Waals surface area contributed by atoms with Gasteiger partial charge in [-0.2, -0.15) is 0 Å². The number of methoxy groups -OCH3 is 1. The lowest BCUT2D eigenvalue weighted by molar-refractivity contribution is 0.0660. The summed E-state index contributed by atoms with van der Waals surface area (Å²) in [4.78, 5) is 23.0. The summed E-state index contributed by atoms with van der Waals surface area (Å²) in [5.41, 5.74) is 1.92. The minimum absolute atomic E-state index is 0.213. The number of aromatic nitrogens is 1. The smallest absolute Gasteiger partial charge is 0.271 e. The van der Waals surface area contributed by atoms with E-state index in [1.807, 2.05) is 67.6 Å². The third-order valence-corrected chi connectivity index (χ3v) is 5.30. The van der Waals surface area contributed by atoms with E-state index in [2.05, 4.69) is 15.5 Å². The fourth-order valence-electron chi connectivity index (χ4n) is 3.68. The molecule has 1 amide bonds. The topological polar surface area (TPSA) is 72.8 Å². The van der Waals surface area contributed by atoms with Crippen molar-refractivity contribution in [3.63, 3.8) is 0 Å². The molecule has 3 atom stereocenters. The van der Waals surface area contributed by atoms with Gasteiger partial charge in [0.1, 0.15) is 11.8 Å². The van der Waals surface area contributed by atoms with Crippen LogP contribution in [0.2, 0.25) is 0 Å². The van der Waals surface area contributed by atoms with Crippen molar-refractivity contribution in [1.82, 2.24) is 10.3 Å². The van der Waals surface area contributed by atoms with E-state index in [4.69, 9.17) is 10.9 Å². The second kappa shape index (κ2) is 9.05. The fraction of sp³-hybridized carbons (Fsp3) is 0.292. The number of pyridine rings is 1. The van der Waals surface area contributed by atoms with Gasteiger partial charge in [0.05, 0.1) is 19.7 Å². The van der Waals surface area contributed by atoms with Crippen LogP contribution < -0.4 is 5.32 Å². The minimum atomic E-state index is -1.24. The second-order valence-electron chi connectivity index (χ2n) is 7.32. The Hall–Kier alpha value is -3.25. The highest BCUT2D eigenvalue weighted by Gasteiger charge is 2.36. The van der Waals surface area contributed by atoms with Crippen LogP contribution >= 0.6 is 0 Å². The summed E-state index contributed by atoms with van der Waals surface area (Å²) in [6, 6.07) is 18.7. The molecule has 1 aliphatic rings. The van der Waals surface area contributed by atoms with Crippen LogP contribution in [0, 0.1) is 5.92 Å². The third kappa shape index (κ3) is 4.19. The number of nitrogens with zero attached hydrogens (tertiary/aromatic N) is 2. The van der Waals surface area contributed by atoms with Gasteiger partial charge in [0.15, 0.2) is 0 Å². The molecule has 154 valence electrons. The largest absolute Gasteiger partial charge is 0.391 e. The van der Waals surface area contributed by atoms with Crippen molar-refractivity contribution in [2.45, 2.75) is 25.5 Å². The lowest BCUT2D eigenvalue weighted by Crippen LogP contribution is -2.46. The molecule has 0 bridgehead atoms. The minimum Gasteiger partial charge on any atom is -0.391 e.